The van der Waals surface area contributed by atoms with Gasteiger partial charge >= 0.3 is 0 Å². The van der Waals surface area contributed by atoms with Crippen LogP contribution in [0.25, 0.3) is 0 Å². The zero-order valence-electron chi connectivity index (χ0n) is 9.38. The predicted molar refractivity (Wildman–Crippen MR) is 62.0 cm³/mol. The van der Waals surface area contributed by atoms with Gasteiger partial charge in [-0.25, -0.2) is 0 Å². The topological polar surface area (TPSA) is 52.0 Å². The summed E-state index contributed by atoms with van der Waals surface area (Å²) in [6.07, 6.45) is 10.9. The summed E-state index contributed by atoms with van der Waals surface area (Å²) in [5.41, 5.74) is 11.1. The highest BCUT2D eigenvalue weighted by Crippen LogP contribution is 2.33. The van der Waals surface area contributed by atoms with Crippen LogP contribution in [0.1, 0.15) is 51.4 Å². The van der Waals surface area contributed by atoms with Gasteiger partial charge in [-0.1, -0.05) is 19.3 Å². The average molecular weight is 198 g/mol. The van der Waals surface area contributed by atoms with Crippen LogP contribution in [0.2, 0.25) is 0 Å². The SMILES string of the molecule is NCCCC1CCCC(CCCN)C1. The van der Waals surface area contributed by atoms with Crippen molar-refractivity contribution >= 4 is 0 Å². The summed E-state index contributed by atoms with van der Waals surface area (Å²) in [5.74, 6) is 1.94. The molecular weight excluding hydrogens is 172 g/mol. The minimum Gasteiger partial charge on any atom is -0.330 e. The molecule has 0 spiro atoms. The second-order valence-corrected chi connectivity index (χ2v) is 4.76. The quantitative estimate of drug-likeness (QED) is 0.688. The first kappa shape index (κ1) is 12.0. The Kier molecular flexibility index (Phi) is 6.20. The molecule has 1 fully saturated rings. The molecule has 14 heavy (non-hydrogen) atoms. The summed E-state index contributed by atoms with van der Waals surface area (Å²) in [5, 5.41) is 0. The molecule has 2 heteroatoms. The van der Waals surface area contributed by atoms with E-state index in [-0.39, 0.29) is 0 Å². The predicted octanol–water partition coefficient (Wildman–Crippen LogP) is 2.27. The smallest absolute Gasteiger partial charge is 0.00772 e. The molecule has 0 radical (unpaired) electrons. The van der Waals surface area contributed by atoms with Crippen molar-refractivity contribution in [3.8, 4) is 0 Å². The lowest BCUT2D eigenvalue weighted by Gasteiger charge is -2.29. The lowest BCUT2D eigenvalue weighted by Crippen LogP contribution is -2.17. The highest BCUT2D eigenvalue weighted by Gasteiger charge is 2.20. The second-order valence-electron chi connectivity index (χ2n) is 4.76. The zero-order valence-corrected chi connectivity index (χ0v) is 9.38. The van der Waals surface area contributed by atoms with E-state index in [4.69, 9.17) is 11.5 Å². The Balaban J connectivity index is 2.14. The number of nitrogens with two attached hydrogens (primary N) is 2. The van der Waals surface area contributed by atoms with E-state index in [1.807, 2.05) is 0 Å². The number of rotatable bonds is 6. The van der Waals surface area contributed by atoms with E-state index < -0.39 is 0 Å². The van der Waals surface area contributed by atoms with Crippen LogP contribution in [-0.4, -0.2) is 13.1 Å². The fraction of sp³-hybridized carbons (Fsp3) is 1.00. The van der Waals surface area contributed by atoms with Gasteiger partial charge in [0.05, 0.1) is 0 Å². The first-order valence-electron chi connectivity index (χ1n) is 6.27. The monoisotopic (exact) mass is 198 g/mol. The van der Waals surface area contributed by atoms with Crippen molar-refractivity contribution < 1.29 is 0 Å². The molecule has 0 aliphatic heterocycles. The third-order valence-corrected chi connectivity index (χ3v) is 3.52. The van der Waals surface area contributed by atoms with Crippen molar-refractivity contribution in [2.45, 2.75) is 51.4 Å². The van der Waals surface area contributed by atoms with Gasteiger partial charge in [-0.15, -0.1) is 0 Å². The summed E-state index contributed by atoms with van der Waals surface area (Å²) < 4.78 is 0. The molecule has 1 aliphatic rings. The molecule has 4 N–H and O–H groups in total. The summed E-state index contributed by atoms with van der Waals surface area (Å²) in [7, 11) is 0. The van der Waals surface area contributed by atoms with Gasteiger partial charge in [-0.2, -0.15) is 0 Å². The lowest BCUT2D eigenvalue weighted by molar-refractivity contribution is 0.239. The van der Waals surface area contributed by atoms with E-state index in [1.165, 1.54) is 51.4 Å². The first-order chi connectivity index (χ1) is 6.86. The molecule has 2 unspecified atom stereocenters. The third-order valence-electron chi connectivity index (χ3n) is 3.52. The Morgan fingerprint density at radius 1 is 0.857 bits per heavy atom. The van der Waals surface area contributed by atoms with E-state index in [9.17, 15) is 0 Å². The number of hydrogen-bond acceptors (Lipinski definition) is 2. The van der Waals surface area contributed by atoms with Crippen LogP contribution < -0.4 is 11.5 Å². The van der Waals surface area contributed by atoms with Crippen LogP contribution in [0.3, 0.4) is 0 Å². The van der Waals surface area contributed by atoms with Crippen LogP contribution in [0.4, 0.5) is 0 Å². The molecule has 0 aromatic carbocycles. The van der Waals surface area contributed by atoms with Gasteiger partial charge in [0.1, 0.15) is 0 Å². The molecule has 1 aliphatic carbocycles. The molecule has 0 heterocycles. The van der Waals surface area contributed by atoms with Crippen LogP contribution in [0.15, 0.2) is 0 Å². The van der Waals surface area contributed by atoms with Crippen molar-refractivity contribution in [2.24, 2.45) is 23.3 Å². The molecule has 0 amide bonds. The Hall–Kier alpha value is -0.0800. The molecule has 84 valence electrons. The van der Waals surface area contributed by atoms with E-state index in [1.54, 1.807) is 0 Å². The van der Waals surface area contributed by atoms with Crippen molar-refractivity contribution in [3.63, 3.8) is 0 Å². The van der Waals surface area contributed by atoms with Crippen LogP contribution in [-0.2, 0) is 0 Å². The van der Waals surface area contributed by atoms with Crippen LogP contribution in [0, 0.1) is 11.8 Å². The van der Waals surface area contributed by atoms with Crippen molar-refractivity contribution in [3.05, 3.63) is 0 Å². The Labute approximate surface area is 88.4 Å². The molecule has 0 aromatic heterocycles. The van der Waals surface area contributed by atoms with Crippen molar-refractivity contribution in [1.82, 2.24) is 0 Å². The molecule has 0 saturated heterocycles. The van der Waals surface area contributed by atoms with Gasteiger partial charge in [0.25, 0.3) is 0 Å². The van der Waals surface area contributed by atoms with Gasteiger partial charge < -0.3 is 11.5 Å². The maximum Gasteiger partial charge on any atom is -0.00772 e. The largest absolute Gasteiger partial charge is 0.330 e. The van der Waals surface area contributed by atoms with Crippen LogP contribution >= 0.6 is 0 Å². The Morgan fingerprint density at radius 3 is 1.79 bits per heavy atom. The Bertz CT molecular complexity index is 122. The van der Waals surface area contributed by atoms with Gasteiger partial charge in [0.2, 0.25) is 0 Å². The van der Waals surface area contributed by atoms with Gasteiger partial charge in [-0.3, -0.25) is 0 Å². The highest BCUT2D eigenvalue weighted by molar-refractivity contribution is 4.73. The summed E-state index contributed by atoms with van der Waals surface area (Å²) >= 11 is 0. The van der Waals surface area contributed by atoms with E-state index in [2.05, 4.69) is 0 Å². The van der Waals surface area contributed by atoms with Gasteiger partial charge in [0, 0.05) is 0 Å². The molecular formula is C12H26N2. The molecule has 2 nitrogen and oxygen atoms in total. The fourth-order valence-electron chi connectivity index (χ4n) is 2.74. The summed E-state index contributed by atoms with van der Waals surface area (Å²) in [4.78, 5) is 0. The maximum absolute atomic E-state index is 5.54. The molecule has 0 bridgehead atoms. The van der Waals surface area contributed by atoms with Crippen molar-refractivity contribution in [2.75, 3.05) is 13.1 Å². The normalized spacial score (nSPS) is 27.9. The summed E-state index contributed by atoms with van der Waals surface area (Å²) in [6.45, 7) is 1.73. The van der Waals surface area contributed by atoms with E-state index in [0.717, 1.165) is 24.9 Å². The minimum atomic E-state index is 0.865. The molecule has 1 saturated carbocycles. The molecule has 1 rings (SSSR count). The zero-order chi connectivity index (χ0) is 10.2. The van der Waals surface area contributed by atoms with Crippen molar-refractivity contribution in [1.29, 1.82) is 0 Å². The van der Waals surface area contributed by atoms with Gasteiger partial charge in [-0.05, 0) is 57.0 Å². The van der Waals surface area contributed by atoms with E-state index >= 15 is 0 Å². The number of hydrogen-bond donors (Lipinski definition) is 2. The average Bonchev–Trinajstić information content (AvgIpc) is 2.24. The Morgan fingerprint density at radius 2 is 1.36 bits per heavy atom. The standard InChI is InChI=1S/C12H26N2/c13-8-2-6-11-4-1-5-12(10-11)7-3-9-14/h11-12H,1-10,13-14H2. The van der Waals surface area contributed by atoms with E-state index in [0.29, 0.717) is 0 Å². The highest BCUT2D eigenvalue weighted by atomic mass is 14.5. The van der Waals surface area contributed by atoms with Gasteiger partial charge in [0.15, 0.2) is 0 Å². The lowest BCUT2D eigenvalue weighted by atomic mass is 9.77. The van der Waals surface area contributed by atoms with Crippen LogP contribution in [0.5, 0.6) is 0 Å². The second kappa shape index (κ2) is 7.24. The molecule has 0 aromatic rings. The third kappa shape index (κ3) is 4.43. The fourth-order valence-corrected chi connectivity index (χ4v) is 2.74. The first-order valence-corrected chi connectivity index (χ1v) is 6.27. The maximum atomic E-state index is 5.54. The minimum absolute atomic E-state index is 0.865. The molecule has 2 atom stereocenters. The summed E-state index contributed by atoms with van der Waals surface area (Å²) in [6, 6.07) is 0.